The summed E-state index contributed by atoms with van der Waals surface area (Å²) < 4.78 is 10.7. The van der Waals surface area contributed by atoms with E-state index in [9.17, 15) is 19.2 Å². The number of aliphatic hydroxyl groups excluding tert-OH is 1. The molecule has 1 aliphatic rings. The maximum atomic E-state index is 11.8. The van der Waals surface area contributed by atoms with Gasteiger partial charge in [-0.2, -0.15) is 0 Å². The molecule has 4 amide bonds. The molecule has 1 fully saturated rings. The standard InChI is InChI=1S/C21H37N3O7/c1-17-16-20(28)24(21(17)29)10-6-18(26)23-9-13-31-15-14-30-12-7-19(27)22-8-4-2-3-5-11-25/h17,25H,2-16H2,1H3,(H,22,27)(H,23,26)/t17-/m0/s1. The van der Waals surface area contributed by atoms with Gasteiger partial charge in [0.25, 0.3) is 0 Å². The van der Waals surface area contributed by atoms with E-state index in [0.717, 1.165) is 30.6 Å². The average molecular weight is 444 g/mol. The second-order valence-corrected chi connectivity index (χ2v) is 7.55. The Labute approximate surface area is 184 Å². The van der Waals surface area contributed by atoms with Crippen molar-refractivity contribution in [3.63, 3.8) is 0 Å². The van der Waals surface area contributed by atoms with Crippen LogP contribution in [0.2, 0.25) is 0 Å². The predicted octanol–water partition coefficient (Wildman–Crippen LogP) is -0.0201. The molecule has 3 N–H and O–H groups in total. The number of hydrogen-bond acceptors (Lipinski definition) is 7. The van der Waals surface area contributed by atoms with Crippen LogP contribution < -0.4 is 10.6 Å². The van der Waals surface area contributed by atoms with E-state index >= 15 is 0 Å². The Morgan fingerprint density at radius 1 is 0.935 bits per heavy atom. The Hall–Kier alpha value is -2.04. The van der Waals surface area contributed by atoms with Gasteiger partial charge in [0.05, 0.1) is 26.4 Å². The second kappa shape index (κ2) is 16.6. The van der Waals surface area contributed by atoms with Gasteiger partial charge in [0, 0.05) is 51.4 Å². The highest BCUT2D eigenvalue weighted by Crippen LogP contribution is 2.18. The van der Waals surface area contributed by atoms with E-state index in [0.29, 0.717) is 45.9 Å². The zero-order valence-corrected chi connectivity index (χ0v) is 18.5. The molecule has 0 aromatic heterocycles. The molecule has 0 unspecified atom stereocenters. The van der Waals surface area contributed by atoms with E-state index in [2.05, 4.69) is 10.6 Å². The molecule has 0 aliphatic carbocycles. The van der Waals surface area contributed by atoms with E-state index in [1.165, 1.54) is 0 Å². The molecule has 1 heterocycles. The summed E-state index contributed by atoms with van der Waals surface area (Å²) in [6, 6.07) is 0. The molecule has 178 valence electrons. The van der Waals surface area contributed by atoms with Gasteiger partial charge in [-0.15, -0.1) is 0 Å². The highest BCUT2D eigenvalue weighted by Gasteiger charge is 2.35. The largest absolute Gasteiger partial charge is 0.396 e. The van der Waals surface area contributed by atoms with Crippen molar-refractivity contribution in [1.82, 2.24) is 15.5 Å². The van der Waals surface area contributed by atoms with Crippen molar-refractivity contribution < 1.29 is 33.8 Å². The number of carbonyl (C=O) groups excluding carboxylic acids is 4. The third kappa shape index (κ3) is 12.4. The number of aliphatic hydroxyl groups is 1. The number of nitrogens with one attached hydrogen (secondary N) is 2. The molecular formula is C21H37N3O7. The van der Waals surface area contributed by atoms with Crippen LogP contribution >= 0.6 is 0 Å². The fraction of sp³-hybridized carbons (Fsp3) is 0.810. The van der Waals surface area contributed by atoms with Crippen LogP contribution in [0.15, 0.2) is 0 Å². The Kier molecular flexibility index (Phi) is 14.5. The summed E-state index contributed by atoms with van der Waals surface area (Å²) in [6.45, 7) is 4.37. The molecule has 1 saturated heterocycles. The van der Waals surface area contributed by atoms with Crippen LogP contribution in [0.25, 0.3) is 0 Å². The van der Waals surface area contributed by atoms with Gasteiger partial charge in [0.15, 0.2) is 0 Å². The molecule has 1 aliphatic heterocycles. The normalized spacial score (nSPS) is 16.1. The van der Waals surface area contributed by atoms with Crippen molar-refractivity contribution in [2.75, 3.05) is 52.7 Å². The summed E-state index contributed by atoms with van der Waals surface area (Å²) in [5, 5.41) is 14.2. The fourth-order valence-electron chi connectivity index (χ4n) is 3.04. The fourth-order valence-corrected chi connectivity index (χ4v) is 3.04. The first kappa shape index (κ1) is 27.0. The summed E-state index contributed by atoms with van der Waals surface area (Å²) in [5.74, 6) is -1.02. The molecule has 10 heteroatoms. The first-order valence-electron chi connectivity index (χ1n) is 11.1. The second-order valence-electron chi connectivity index (χ2n) is 7.55. The molecule has 1 rings (SSSR count). The van der Waals surface area contributed by atoms with Crippen LogP contribution in [0.5, 0.6) is 0 Å². The Morgan fingerprint density at radius 3 is 2.26 bits per heavy atom. The zero-order valence-electron chi connectivity index (χ0n) is 18.5. The molecule has 0 spiro atoms. The number of imide groups is 1. The quantitative estimate of drug-likeness (QED) is 0.200. The van der Waals surface area contributed by atoms with E-state index in [1.807, 2.05) is 0 Å². The first-order chi connectivity index (χ1) is 15.0. The van der Waals surface area contributed by atoms with Gasteiger partial charge >= 0.3 is 0 Å². The van der Waals surface area contributed by atoms with E-state index < -0.39 is 0 Å². The zero-order chi connectivity index (χ0) is 22.9. The van der Waals surface area contributed by atoms with Crippen LogP contribution in [-0.2, 0) is 28.7 Å². The lowest BCUT2D eigenvalue weighted by Gasteiger charge is -2.14. The maximum absolute atomic E-state index is 11.8. The van der Waals surface area contributed by atoms with Gasteiger partial charge < -0.3 is 25.2 Å². The molecule has 31 heavy (non-hydrogen) atoms. The number of rotatable bonds is 18. The number of nitrogens with zero attached hydrogens (tertiary/aromatic N) is 1. The molecular weight excluding hydrogens is 406 g/mol. The van der Waals surface area contributed by atoms with Gasteiger partial charge in [-0.25, -0.2) is 0 Å². The summed E-state index contributed by atoms with van der Waals surface area (Å²) >= 11 is 0. The lowest BCUT2D eigenvalue weighted by atomic mass is 10.1. The lowest BCUT2D eigenvalue weighted by Crippen LogP contribution is -2.35. The topological polar surface area (TPSA) is 134 Å². The number of amides is 4. The van der Waals surface area contributed by atoms with Crippen molar-refractivity contribution in [2.45, 2.75) is 51.9 Å². The van der Waals surface area contributed by atoms with Crippen molar-refractivity contribution in [3.05, 3.63) is 0 Å². The van der Waals surface area contributed by atoms with Crippen LogP contribution in [-0.4, -0.2) is 86.3 Å². The Morgan fingerprint density at radius 2 is 1.58 bits per heavy atom. The minimum atomic E-state index is -0.298. The summed E-state index contributed by atoms with van der Waals surface area (Å²) in [5.41, 5.74) is 0. The van der Waals surface area contributed by atoms with E-state index in [4.69, 9.17) is 14.6 Å². The average Bonchev–Trinajstić information content (AvgIpc) is 2.98. The number of hydrogen-bond donors (Lipinski definition) is 3. The van der Waals surface area contributed by atoms with Gasteiger partial charge in [-0.1, -0.05) is 19.8 Å². The molecule has 0 aromatic carbocycles. The molecule has 1 atom stereocenters. The van der Waals surface area contributed by atoms with E-state index in [1.54, 1.807) is 6.92 Å². The van der Waals surface area contributed by atoms with Gasteiger partial charge in [-0.05, 0) is 12.8 Å². The van der Waals surface area contributed by atoms with Crippen molar-refractivity contribution in [1.29, 1.82) is 0 Å². The predicted molar refractivity (Wildman–Crippen MR) is 113 cm³/mol. The number of ether oxygens (including phenoxy) is 2. The Bertz CT molecular complexity index is 571. The number of unbranched alkanes of at least 4 members (excludes halogenated alkanes) is 3. The lowest BCUT2D eigenvalue weighted by molar-refractivity contribution is -0.139. The third-order valence-electron chi connectivity index (χ3n) is 4.85. The highest BCUT2D eigenvalue weighted by atomic mass is 16.5. The van der Waals surface area contributed by atoms with Crippen LogP contribution in [0.3, 0.4) is 0 Å². The maximum Gasteiger partial charge on any atom is 0.232 e. The van der Waals surface area contributed by atoms with Crippen molar-refractivity contribution >= 4 is 23.6 Å². The van der Waals surface area contributed by atoms with Crippen LogP contribution in [0, 0.1) is 5.92 Å². The SMILES string of the molecule is C[C@H]1CC(=O)N(CCC(=O)NCCOCCOCCC(=O)NCCCCCCO)C1=O. The summed E-state index contributed by atoms with van der Waals surface area (Å²) in [6.07, 6.45) is 4.27. The molecule has 0 bridgehead atoms. The summed E-state index contributed by atoms with van der Waals surface area (Å²) in [4.78, 5) is 48.0. The summed E-state index contributed by atoms with van der Waals surface area (Å²) in [7, 11) is 0. The van der Waals surface area contributed by atoms with Gasteiger partial charge in [0.2, 0.25) is 23.6 Å². The van der Waals surface area contributed by atoms with Gasteiger partial charge in [-0.3, -0.25) is 24.1 Å². The van der Waals surface area contributed by atoms with E-state index in [-0.39, 0.29) is 55.5 Å². The monoisotopic (exact) mass is 443 g/mol. The minimum Gasteiger partial charge on any atom is -0.396 e. The first-order valence-corrected chi connectivity index (χ1v) is 11.1. The molecule has 0 radical (unpaired) electrons. The van der Waals surface area contributed by atoms with Crippen LogP contribution in [0.4, 0.5) is 0 Å². The van der Waals surface area contributed by atoms with Crippen LogP contribution in [0.1, 0.15) is 51.9 Å². The number of likely N-dealkylation sites (tertiary alicyclic amines) is 1. The van der Waals surface area contributed by atoms with Gasteiger partial charge in [0.1, 0.15) is 0 Å². The van der Waals surface area contributed by atoms with Crippen molar-refractivity contribution in [2.24, 2.45) is 5.92 Å². The Balaban J connectivity index is 1.87. The molecule has 10 nitrogen and oxygen atoms in total. The minimum absolute atomic E-state index is 0.0439. The third-order valence-corrected chi connectivity index (χ3v) is 4.85. The number of carbonyl (C=O) groups is 4. The molecule has 0 aromatic rings. The molecule has 0 saturated carbocycles. The smallest absolute Gasteiger partial charge is 0.232 e. The highest BCUT2D eigenvalue weighted by molar-refractivity contribution is 6.03. The van der Waals surface area contributed by atoms with Crippen molar-refractivity contribution in [3.8, 4) is 0 Å².